The second-order valence-corrected chi connectivity index (χ2v) is 7.99. The summed E-state index contributed by atoms with van der Waals surface area (Å²) in [6.07, 6.45) is 21.5. The van der Waals surface area contributed by atoms with Gasteiger partial charge in [-0.1, -0.05) is 63.3 Å². The minimum atomic E-state index is -4.31. The molecule has 0 saturated carbocycles. The molecule has 0 fully saturated rings. The quantitative estimate of drug-likeness (QED) is 0.153. The predicted octanol–water partition coefficient (Wildman–Crippen LogP) is 5.26. The fraction of sp³-hybridized carbons (Fsp3) is 0.750. The average molecular weight is 406 g/mol. The summed E-state index contributed by atoms with van der Waals surface area (Å²) in [6, 6.07) is 0. The van der Waals surface area contributed by atoms with E-state index in [1.54, 1.807) is 0 Å². The maximum atomic E-state index is 11.3. The van der Waals surface area contributed by atoms with Crippen molar-refractivity contribution >= 4 is 16.1 Å². The molecule has 4 N–H and O–H groups in total. The summed E-state index contributed by atoms with van der Waals surface area (Å²) in [5.74, 6) is -1.08. The summed E-state index contributed by atoms with van der Waals surface area (Å²) in [6.45, 7) is 1.88. The van der Waals surface area contributed by atoms with E-state index in [1.165, 1.54) is 25.7 Å². The van der Waals surface area contributed by atoms with E-state index in [9.17, 15) is 17.8 Å². The minimum absolute atomic E-state index is 0. The molecular formula is C20H39NO5S. The van der Waals surface area contributed by atoms with Gasteiger partial charge in [-0.05, 0) is 38.5 Å². The summed E-state index contributed by atoms with van der Waals surface area (Å²) < 4.78 is 35.8. The van der Waals surface area contributed by atoms with Crippen molar-refractivity contribution in [3.8, 4) is 0 Å². The Morgan fingerprint density at radius 1 is 0.889 bits per heavy atom. The van der Waals surface area contributed by atoms with Crippen molar-refractivity contribution in [2.24, 2.45) is 0 Å². The second-order valence-electron chi connectivity index (χ2n) is 6.46. The topological polar surface area (TPSA) is 120 Å². The second kappa shape index (κ2) is 19.6. The van der Waals surface area contributed by atoms with E-state index < -0.39 is 21.8 Å². The Morgan fingerprint density at radius 2 is 1.44 bits per heavy atom. The molecule has 0 aromatic carbocycles. The maximum absolute atomic E-state index is 11.3. The molecule has 0 bridgehead atoms. The lowest BCUT2D eigenvalue weighted by Gasteiger charge is -2.07. The molecule has 0 aromatic heterocycles. The Kier molecular flexibility index (Phi) is 20.3. The van der Waals surface area contributed by atoms with Crippen LogP contribution in [0.25, 0.3) is 0 Å². The summed E-state index contributed by atoms with van der Waals surface area (Å²) in [7, 11) is -4.31. The summed E-state index contributed by atoms with van der Waals surface area (Å²) >= 11 is 0. The van der Waals surface area contributed by atoms with Crippen molar-refractivity contribution in [1.29, 1.82) is 0 Å². The molecule has 7 heteroatoms. The smallest absolute Gasteiger partial charge is 0.305 e. The molecule has 0 spiro atoms. The van der Waals surface area contributed by atoms with Gasteiger partial charge in [-0.15, -0.1) is 0 Å². The van der Waals surface area contributed by atoms with Gasteiger partial charge in [0.05, 0.1) is 15.9 Å². The molecule has 0 saturated heterocycles. The van der Waals surface area contributed by atoms with Gasteiger partial charge in [-0.2, -0.15) is 0 Å². The van der Waals surface area contributed by atoms with Gasteiger partial charge in [-0.3, -0.25) is 4.79 Å². The van der Waals surface area contributed by atoms with E-state index in [0.717, 1.165) is 44.9 Å². The van der Waals surface area contributed by atoms with Gasteiger partial charge in [0.2, 0.25) is 0 Å². The first-order valence-corrected chi connectivity index (χ1v) is 11.4. The first-order valence-electron chi connectivity index (χ1n) is 9.85. The van der Waals surface area contributed by atoms with Crippen molar-refractivity contribution in [3.05, 3.63) is 24.3 Å². The zero-order valence-corrected chi connectivity index (χ0v) is 18.0. The molecule has 0 atom stereocenters. The summed E-state index contributed by atoms with van der Waals surface area (Å²) in [5, 5.41) is 0. The third-order valence-corrected chi connectivity index (χ3v) is 4.59. The van der Waals surface area contributed by atoms with Crippen molar-refractivity contribution in [3.63, 3.8) is 0 Å². The average Bonchev–Trinajstić information content (AvgIpc) is 2.57. The number of esters is 1. The molecule has 0 aliphatic rings. The fourth-order valence-electron chi connectivity index (χ4n) is 2.41. The molecular weight excluding hydrogens is 366 g/mol. The molecule has 0 unspecified atom stereocenters. The van der Waals surface area contributed by atoms with Crippen molar-refractivity contribution < 1.29 is 22.5 Å². The van der Waals surface area contributed by atoms with Gasteiger partial charge < -0.3 is 15.4 Å². The Labute approximate surface area is 165 Å². The number of carbonyl (C=O) groups is 1. The number of hydrogen-bond acceptors (Lipinski definition) is 5. The van der Waals surface area contributed by atoms with E-state index in [-0.39, 0.29) is 19.2 Å². The number of quaternary nitrogens is 1. The first kappa shape index (κ1) is 28.0. The van der Waals surface area contributed by atoms with Gasteiger partial charge in [0, 0.05) is 6.42 Å². The van der Waals surface area contributed by atoms with Crippen molar-refractivity contribution in [1.82, 2.24) is 6.15 Å². The van der Waals surface area contributed by atoms with Crippen LogP contribution in [0.1, 0.15) is 84.0 Å². The molecule has 0 aliphatic carbocycles. The van der Waals surface area contributed by atoms with Crippen LogP contribution < -0.4 is 6.15 Å². The van der Waals surface area contributed by atoms with Gasteiger partial charge in [-0.25, -0.2) is 8.42 Å². The summed E-state index contributed by atoms with van der Waals surface area (Å²) in [5.41, 5.74) is 0. The van der Waals surface area contributed by atoms with Gasteiger partial charge in [0.15, 0.2) is 0 Å². The molecule has 6 nitrogen and oxygen atoms in total. The van der Waals surface area contributed by atoms with Gasteiger partial charge in [0.25, 0.3) is 0 Å². The van der Waals surface area contributed by atoms with E-state index in [4.69, 9.17) is 4.74 Å². The minimum Gasteiger partial charge on any atom is -0.748 e. The SMILES string of the molecule is CCCCC/C=C\C/C=C\CCCCCCCC(=O)OCCS(=O)(=O)[O-].[NH4+]. The lowest BCUT2D eigenvalue weighted by Crippen LogP contribution is -2.14. The zero-order valence-electron chi connectivity index (χ0n) is 17.2. The number of hydrogen-bond donors (Lipinski definition) is 1. The molecule has 0 radical (unpaired) electrons. The van der Waals surface area contributed by atoms with Gasteiger partial charge >= 0.3 is 5.97 Å². The molecule has 160 valence electrons. The molecule has 27 heavy (non-hydrogen) atoms. The van der Waals surface area contributed by atoms with Crippen LogP contribution in [0.15, 0.2) is 24.3 Å². The van der Waals surface area contributed by atoms with Crippen molar-refractivity contribution in [2.45, 2.75) is 84.0 Å². The molecule has 0 aliphatic heterocycles. The highest BCUT2D eigenvalue weighted by Crippen LogP contribution is 2.08. The predicted molar refractivity (Wildman–Crippen MR) is 111 cm³/mol. The number of unbranched alkanes of at least 4 members (excludes halogenated alkanes) is 8. The van der Waals surface area contributed by atoms with Crippen LogP contribution in [-0.4, -0.2) is 31.3 Å². The third kappa shape index (κ3) is 24.8. The van der Waals surface area contributed by atoms with Crippen LogP contribution in [0.4, 0.5) is 0 Å². The number of carbonyl (C=O) groups excluding carboxylic acids is 1. The van der Waals surface area contributed by atoms with Crippen LogP contribution in [0.5, 0.6) is 0 Å². The molecule has 0 aromatic rings. The number of rotatable bonds is 17. The van der Waals surface area contributed by atoms with Crippen LogP contribution in [0.3, 0.4) is 0 Å². The molecule has 0 rings (SSSR count). The van der Waals surface area contributed by atoms with E-state index in [1.807, 2.05) is 0 Å². The van der Waals surface area contributed by atoms with E-state index >= 15 is 0 Å². The first-order chi connectivity index (χ1) is 12.5. The Hall–Kier alpha value is -1.18. The van der Waals surface area contributed by atoms with Crippen LogP contribution in [0, 0.1) is 0 Å². The van der Waals surface area contributed by atoms with Crippen molar-refractivity contribution in [2.75, 3.05) is 12.4 Å². The highest BCUT2D eigenvalue weighted by atomic mass is 32.2. The molecule has 0 heterocycles. The zero-order chi connectivity index (χ0) is 19.5. The van der Waals surface area contributed by atoms with Crippen LogP contribution in [0.2, 0.25) is 0 Å². The van der Waals surface area contributed by atoms with E-state index in [0.29, 0.717) is 0 Å². The Balaban J connectivity index is 0. The Morgan fingerprint density at radius 3 is 2.04 bits per heavy atom. The highest BCUT2D eigenvalue weighted by Gasteiger charge is 2.03. The van der Waals surface area contributed by atoms with Gasteiger partial charge in [0.1, 0.15) is 6.61 Å². The lowest BCUT2D eigenvalue weighted by atomic mass is 10.1. The monoisotopic (exact) mass is 405 g/mol. The summed E-state index contributed by atoms with van der Waals surface area (Å²) in [4.78, 5) is 11.3. The maximum Gasteiger partial charge on any atom is 0.305 e. The number of allylic oxidation sites excluding steroid dienone is 4. The van der Waals surface area contributed by atoms with Crippen LogP contribution >= 0.6 is 0 Å². The fourth-order valence-corrected chi connectivity index (χ4v) is 2.70. The lowest BCUT2D eigenvalue weighted by molar-refractivity contribution is -0.143. The third-order valence-electron chi connectivity index (χ3n) is 3.93. The Bertz CT molecular complexity index is 501. The molecule has 0 amide bonds. The largest absolute Gasteiger partial charge is 0.748 e. The normalized spacial score (nSPS) is 11.8. The van der Waals surface area contributed by atoms with Crippen LogP contribution in [-0.2, 0) is 19.6 Å². The highest BCUT2D eigenvalue weighted by molar-refractivity contribution is 7.85. The standard InChI is InChI=1S/C20H36O5S.H3N/c1-2-3-4-5-6-7-8-9-10-11-12-13-14-15-16-17-20(21)25-18-19-26(22,23)24;/h6-7,9-10H,2-5,8,11-19H2,1H3,(H,22,23,24);1H3/b7-6-,10-9-;. The van der Waals surface area contributed by atoms with E-state index in [2.05, 4.69) is 31.2 Å². The number of ether oxygens (including phenoxy) is 1.